The zero-order valence-electron chi connectivity index (χ0n) is 9.07. The SMILES string of the molecule is O=Nc1cc(C(=O)OC[C@H]2CO2)cc([N+](=O)[O-])c1. The summed E-state index contributed by atoms with van der Waals surface area (Å²) in [7, 11) is 0. The fourth-order valence-corrected chi connectivity index (χ4v) is 1.29. The van der Waals surface area contributed by atoms with E-state index in [1.165, 1.54) is 0 Å². The van der Waals surface area contributed by atoms with Gasteiger partial charge in [-0.25, -0.2) is 4.79 Å². The number of carbonyl (C=O) groups is 1. The molecule has 0 spiro atoms. The molecule has 1 aromatic carbocycles. The van der Waals surface area contributed by atoms with Crippen LogP contribution >= 0.6 is 0 Å². The van der Waals surface area contributed by atoms with E-state index in [-0.39, 0.29) is 29.6 Å². The Kier molecular flexibility index (Phi) is 3.28. The van der Waals surface area contributed by atoms with Crippen molar-refractivity contribution in [2.45, 2.75) is 6.10 Å². The second kappa shape index (κ2) is 4.88. The minimum absolute atomic E-state index is 0.0838. The lowest BCUT2D eigenvalue weighted by atomic mass is 10.2. The Bertz CT molecular complexity index is 511. The molecule has 0 aliphatic carbocycles. The first kappa shape index (κ1) is 12.1. The van der Waals surface area contributed by atoms with Gasteiger partial charge in [0.15, 0.2) is 0 Å². The molecule has 8 nitrogen and oxygen atoms in total. The van der Waals surface area contributed by atoms with Crippen molar-refractivity contribution in [3.8, 4) is 0 Å². The van der Waals surface area contributed by atoms with E-state index in [1.807, 2.05) is 0 Å². The first-order chi connectivity index (χ1) is 8.60. The van der Waals surface area contributed by atoms with Gasteiger partial charge in [-0.3, -0.25) is 10.1 Å². The summed E-state index contributed by atoms with van der Waals surface area (Å²) >= 11 is 0. The molecule has 0 amide bonds. The van der Waals surface area contributed by atoms with Crippen LogP contribution in [0, 0.1) is 15.0 Å². The molecule has 18 heavy (non-hydrogen) atoms. The number of hydrogen-bond acceptors (Lipinski definition) is 7. The third-order valence-electron chi connectivity index (χ3n) is 2.26. The minimum atomic E-state index is -0.751. The number of carbonyl (C=O) groups excluding carboxylic acids is 1. The third kappa shape index (κ3) is 2.86. The number of hydrogen-bond donors (Lipinski definition) is 0. The van der Waals surface area contributed by atoms with Crippen molar-refractivity contribution in [3.63, 3.8) is 0 Å². The lowest BCUT2D eigenvalue weighted by molar-refractivity contribution is -0.384. The maximum Gasteiger partial charge on any atom is 0.338 e. The second-order valence-corrected chi connectivity index (χ2v) is 3.64. The summed E-state index contributed by atoms with van der Waals surface area (Å²) in [6, 6.07) is 3.15. The largest absolute Gasteiger partial charge is 0.459 e. The van der Waals surface area contributed by atoms with E-state index in [0.717, 1.165) is 18.2 Å². The van der Waals surface area contributed by atoms with Crippen molar-refractivity contribution in [1.29, 1.82) is 0 Å². The van der Waals surface area contributed by atoms with E-state index < -0.39 is 10.9 Å². The number of rotatable bonds is 5. The smallest absolute Gasteiger partial charge is 0.338 e. The monoisotopic (exact) mass is 252 g/mol. The highest BCUT2D eigenvalue weighted by molar-refractivity contribution is 5.91. The van der Waals surface area contributed by atoms with Crippen LogP contribution in [-0.4, -0.2) is 30.2 Å². The zero-order valence-corrected chi connectivity index (χ0v) is 9.07. The number of benzene rings is 1. The molecule has 8 heteroatoms. The standard InChI is InChI=1S/C10H8N2O6/c13-10(18-5-9-4-17-9)6-1-7(11-14)3-8(2-6)12(15)16/h1-3,9H,4-5H2/t9-/m1/s1. The average Bonchev–Trinajstić information content (AvgIpc) is 3.19. The topological polar surface area (TPSA) is 111 Å². The Morgan fingerprint density at radius 1 is 1.56 bits per heavy atom. The molecule has 94 valence electrons. The number of ether oxygens (including phenoxy) is 2. The van der Waals surface area contributed by atoms with Crippen LogP contribution in [-0.2, 0) is 9.47 Å². The highest BCUT2D eigenvalue weighted by atomic mass is 16.6. The summed E-state index contributed by atoms with van der Waals surface area (Å²) in [5.74, 6) is -0.751. The molecule has 1 heterocycles. The summed E-state index contributed by atoms with van der Waals surface area (Å²) in [5, 5.41) is 13.2. The van der Waals surface area contributed by atoms with Gasteiger partial charge in [-0.1, -0.05) is 0 Å². The minimum Gasteiger partial charge on any atom is -0.459 e. The van der Waals surface area contributed by atoms with E-state index in [4.69, 9.17) is 9.47 Å². The summed E-state index contributed by atoms with van der Waals surface area (Å²) in [6.07, 6.45) is -0.101. The molecule has 0 radical (unpaired) electrons. The number of nitro groups is 1. The molecule has 1 aliphatic heterocycles. The number of nitro benzene ring substituents is 1. The molecule has 0 bridgehead atoms. The Morgan fingerprint density at radius 3 is 2.83 bits per heavy atom. The lowest BCUT2D eigenvalue weighted by Crippen LogP contribution is -2.10. The van der Waals surface area contributed by atoms with E-state index in [0.29, 0.717) is 6.61 Å². The van der Waals surface area contributed by atoms with E-state index in [9.17, 15) is 19.8 Å². The molecular formula is C10H8N2O6. The van der Waals surface area contributed by atoms with Gasteiger partial charge in [-0.05, 0) is 11.2 Å². The molecule has 0 N–H and O–H groups in total. The number of epoxide rings is 1. The van der Waals surface area contributed by atoms with Gasteiger partial charge in [0.05, 0.1) is 17.1 Å². The van der Waals surface area contributed by atoms with Crippen molar-refractivity contribution >= 4 is 17.3 Å². The molecule has 0 saturated carbocycles. The number of non-ortho nitro benzene ring substituents is 1. The van der Waals surface area contributed by atoms with Gasteiger partial charge in [0.2, 0.25) is 0 Å². The number of esters is 1. The van der Waals surface area contributed by atoms with Crippen molar-refractivity contribution in [2.24, 2.45) is 5.18 Å². The highest BCUT2D eigenvalue weighted by Crippen LogP contribution is 2.23. The van der Waals surface area contributed by atoms with Gasteiger partial charge in [0.1, 0.15) is 18.4 Å². The molecule has 1 aliphatic rings. The summed E-state index contributed by atoms with van der Waals surface area (Å²) in [6.45, 7) is 0.620. The quantitative estimate of drug-likeness (QED) is 0.258. The van der Waals surface area contributed by atoms with Gasteiger partial charge in [-0.15, -0.1) is 4.91 Å². The van der Waals surface area contributed by atoms with Gasteiger partial charge in [-0.2, -0.15) is 0 Å². The van der Waals surface area contributed by atoms with Crippen LogP contribution in [0.4, 0.5) is 11.4 Å². The summed E-state index contributed by atoms with van der Waals surface area (Å²) in [4.78, 5) is 31.9. The highest BCUT2D eigenvalue weighted by Gasteiger charge is 2.25. The fraction of sp³-hybridized carbons (Fsp3) is 0.300. The Morgan fingerprint density at radius 2 is 2.28 bits per heavy atom. The predicted octanol–water partition coefficient (Wildman–Crippen LogP) is 1.55. The molecule has 1 saturated heterocycles. The van der Waals surface area contributed by atoms with Crippen LogP contribution in [0.3, 0.4) is 0 Å². The molecule has 1 aromatic rings. The fourth-order valence-electron chi connectivity index (χ4n) is 1.29. The van der Waals surface area contributed by atoms with Crippen LogP contribution in [0.15, 0.2) is 23.4 Å². The molecule has 1 atom stereocenters. The van der Waals surface area contributed by atoms with Crippen LogP contribution in [0.2, 0.25) is 0 Å². The van der Waals surface area contributed by atoms with Crippen LogP contribution in [0.25, 0.3) is 0 Å². The van der Waals surface area contributed by atoms with Gasteiger partial charge in [0.25, 0.3) is 5.69 Å². The van der Waals surface area contributed by atoms with Gasteiger partial charge < -0.3 is 9.47 Å². The van der Waals surface area contributed by atoms with E-state index >= 15 is 0 Å². The van der Waals surface area contributed by atoms with Crippen LogP contribution < -0.4 is 0 Å². The van der Waals surface area contributed by atoms with E-state index in [2.05, 4.69) is 5.18 Å². The van der Waals surface area contributed by atoms with Gasteiger partial charge >= 0.3 is 5.97 Å². The Labute approximate surface area is 101 Å². The summed E-state index contributed by atoms with van der Waals surface area (Å²) < 4.78 is 9.70. The molecule has 2 rings (SSSR count). The van der Waals surface area contributed by atoms with Gasteiger partial charge in [0, 0.05) is 12.1 Å². The first-order valence-electron chi connectivity index (χ1n) is 5.01. The lowest BCUT2D eigenvalue weighted by Gasteiger charge is -2.03. The van der Waals surface area contributed by atoms with Crippen molar-refractivity contribution in [3.05, 3.63) is 38.8 Å². The van der Waals surface area contributed by atoms with Crippen LogP contribution in [0.5, 0.6) is 0 Å². The molecule has 1 fully saturated rings. The Balaban J connectivity index is 2.18. The zero-order chi connectivity index (χ0) is 13.1. The van der Waals surface area contributed by atoms with Crippen molar-refractivity contribution in [1.82, 2.24) is 0 Å². The predicted molar refractivity (Wildman–Crippen MR) is 58.6 cm³/mol. The number of nitrogens with zero attached hydrogens (tertiary/aromatic N) is 2. The van der Waals surface area contributed by atoms with Crippen LogP contribution in [0.1, 0.15) is 10.4 Å². The maximum absolute atomic E-state index is 11.6. The number of nitroso groups, excluding NO2 is 1. The normalized spacial score (nSPS) is 17.0. The van der Waals surface area contributed by atoms with E-state index in [1.54, 1.807) is 0 Å². The first-order valence-corrected chi connectivity index (χ1v) is 5.01. The maximum atomic E-state index is 11.6. The average molecular weight is 252 g/mol. The molecule has 0 unspecified atom stereocenters. The molecular weight excluding hydrogens is 244 g/mol. The van der Waals surface area contributed by atoms with Crippen molar-refractivity contribution in [2.75, 3.05) is 13.2 Å². The second-order valence-electron chi connectivity index (χ2n) is 3.64. The summed E-state index contributed by atoms with van der Waals surface area (Å²) in [5.41, 5.74) is -0.667. The molecule has 0 aromatic heterocycles. The third-order valence-corrected chi connectivity index (χ3v) is 2.26. The Hall–Kier alpha value is -2.35. The van der Waals surface area contributed by atoms with Crippen molar-refractivity contribution < 1.29 is 19.2 Å².